The number of amides is 1. The lowest BCUT2D eigenvalue weighted by atomic mass is 10.1. The summed E-state index contributed by atoms with van der Waals surface area (Å²) >= 11 is 0. The molecule has 5 nitrogen and oxygen atoms in total. The van der Waals surface area contributed by atoms with Crippen LogP contribution in [0.3, 0.4) is 0 Å². The van der Waals surface area contributed by atoms with E-state index in [4.69, 9.17) is 5.73 Å². The molecule has 2 rings (SSSR count). The number of nitrogens with one attached hydrogen (secondary N) is 2. The van der Waals surface area contributed by atoms with E-state index in [9.17, 15) is 4.79 Å². The van der Waals surface area contributed by atoms with Gasteiger partial charge in [0.1, 0.15) is 0 Å². The molecule has 0 saturated heterocycles. The molecule has 20 heavy (non-hydrogen) atoms. The second-order valence-electron chi connectivity index (χ2n) is 4.99. The first-order valence-corrected chi connectivity index (χ1v) is 6.74. The molecule has 0 radical (unpaired) electrons. The van der Waals surface area contributed by atoms with Crippen LogP contribution in [0.25, 0.3) is 0 Å². The number of aryl methyl sites for hydroxylation is 3. The fourth-order valence-corrected chi connectivity index (χ4v) is 2.05. The zero-order valence-corrected chi connectivity index (χ0v) is 12.1. The molecule has 0 aliphatic heterocycles. The molecular formula is C15H20N4O. The van der Waals surface area contributed by atoms with E-state index in [2.05, 4.69) is 22.4 Å². The molecule has 1 amide bonds. The molecule has 0 atom stereocenters. The summed E-state index contributed by atoms with van der Waals surface area (Å²) in [5.74, 6) is -0.283. The van der Waals surface area contributed by atoms with Crippen LogP contribution in [-0.4, -0.2) is 16.1 Å². The Balaban J connectivity index is 2.22. The Hall–Kier alpha value is -2.30. The van der Waals surface area contributed by atoms with Crippen LogP contribution in [0.1, 0.15) is 40.7 Å². The van der Waals surface area contributed by atoms with E-state index in [1.54, 1.807) is 0 Å². The van der Waals surface area contributed by atoms with Crippen LogP contribution in [-0.2, 0) is 6.42 Å². The maximum Gasteiger partial charge on any atom is 0.278 e. The highest BCUT2D eigenvalue weighted by molar-refractivity contribution is 6.06. The number of aromatic nitrogens is 2. The van der Waals surface area contributed by atoms with Gasteiger partial charge < -0.3 is 11.1 Å². The van der Waals surface area contributed by atoms with Gasteiger partial charge in [-0.25, -0.2) is 0 Å². The first-order chi connectivity index (χ1) is 9.52. The number of anilines is 2. The number of nitrogen functional groups attached to an aromatic ring is 1. The third-order valence-electron chi connectivity index (χ3n) is 3.24. The topological polar surface area (TPSA) is 83.8 Å². The van der Waals surface area contributed by atoms with E-state index in [0.717, 1.165) is 35.3 Å². The van der Waals surface area contributed by atoms with E-state index in [0.29, 0.717) is 5.69 Å². The number of carbonyl (C=O) groups is 1. The largest absolute Gasteiger partial charge is 0.395 e. The van der Waals surface area contributed by atoms with Crippen molar-refractivity contribution >= 4 is 17.3 Å². The summed E-state index contributed by atoms with van der Waals surface area (Å²) in [7, 11) is 0. The van der Waals surface area contributed by atoms with Gasteiger partial charge in [0.25, 0.3) is 5.91 Å². The van der Waals surface area contributed by atoms with Gasteiger partial charge in [0.05, 0.1) is 11.4 Å². The fraction of sp³-hybridized carbons (Fsp3) is 0.333. The van der Waals surface area contributed by atoms with Gasteiger partial charge in [-0.05, 0) is 37.5 Å². The van der Waals surface area contributed by atoms with Gasteiger partial charge in [-0.1, -0.05) is 25.5 Å². The molecule has 1 aromatic heterocycles. The molecule has 5 heteroatoms. The van der Waals surface area contributed by atoms with Crippen molar-refractivity contribution in [1.29, 1.82) is 0 Å². The SMILES string of the molecule is CCCc1[nH]nc(C(=O)Nc2cc(C)ccc2C)c1N. The number of carbonyl (C=O) groups excluding carboxylic acids is 1. The first kappa shape index (κ1) is 14.1. The highest BCUT2D eigenvalue weighted by Gasteiger charge is 2.17. The Morgan fingerprint density at radius 1 is 1.40 bits per heavy atom. The summed E-state index contributed by atoms with van der Waals surface area (Å²) in [4.78, 5) is 12.2. The van der Waals surface area contributed by atoms with Gasteiger partial charge in [-0.2, -0.15) is 5.10 Å². The number of nitrogens with two attached hydrogens (primary N) is 1. The zero-order chi connectivity index (χ0) is 14.7. The minimum atomic E-state index is -0.283. The molecule has 0 saturated carbocycles. The van der Waals surface area contributed by atoms with Crippen LogP contribution in [0.5, 0.6) is 0 Å². The summed E-state index contributed by atoms with van der Waals surface area (Å²) in [6.07, 6.45) is 1.74. The van der Waals surface area contributed by atoms with Crippen molar-refractivity contribution in [3.63, 3.8) is 0 Å². The standard InChI is InChI=1S/C15H20N4O/c1-4-5-11-13(16)14(19-18-11)15(20)17-12-8-9(2)6-7-10(12)3/h6-8H,4-5,16H2,1-3H3,(H,17,20)(H,18,19). The van der Waals surface area contributed by atoms with Crippen molar-refractivity contribution in [2.24, 2.45) is 0 Å². The second-order valence-corrected chi connectivity index (χ2v) is 4.99. The van der Waals surface area contributed by atoms with Crippen LogP contribution >= 0.6 is 0 Å². The molecule has 0 aliphatic carbocycles. The third kappa shape index (κ3) is 2.82. The molecule has 2 aromatic rings. The van der Waals surface area contributed by atoms with Crippen LogP contribution in [0.4, 0.5) is 11.4 Å². The molecule has 0 spiro atoms. The number of hydrogen-bond donors (Lipinski definition) is 3. The highest BCUT2D eigenvalue weighted by atomic mass is 16.2. The number of H-pyrrole nitrogens is 1. The van der Waals surface area contributed by atoms with Crippen molar-refractivity contribution in [3.8, 4) is 0 Å². The average Bonchev–Trinajstić information content (AvgIpc) is 2.76. The van der Waals surface area contributed by atoms with E-state index >= 15 is 0 Å². The van der Waals surface area contributed by atoms with E-state index < -0.39 is 0 Å². The molecule has 0 aliphatic rings. The Morgan fingerprint density at radius 3 is 2.85 bits per heavy atom. The monoisotopic (exact) mass is 272 g/mol. The van der Waals surface area contributed by atoms with Crippen LogP contribution in [0.2, 0.25) is 0 Å². The lowest BCUT2D eigenvalue weighted by Crippen LogP contribution is -2.15. The van der Waals surface area contributed by atoms with Crippen LogP contribution < -0.4 is 11.1 Å². The van der Waals surface area contributed by atoms with E-state index in [1.807, 2.05) is 32.0 Å². The summed E-state index contributed by atoms with van der Waals surface area (Å²) < 4.78 is 0. The van der Waals surface area contributed by atoms with Gasteiger partial charge >= 0.3 is 0 Å². The molecular weight excluding hydrogens is 252 g/mol. The van der Waals surface area contributed by atoms with Crippen molar-refractivity contribution < 1.29 is 4.79 Å². The maximum atomic E-state index is 12.2. The van der Waals surface area contributed by atoms with Gasteiger partial charge in [-0.15, -0.1) is 0 Å². The normalized spacial score (nSPS) is 10.6. The molecule has 0 fully saturated rings. The predicted molar refractivity (Wildman–Crippen MR) is 80.9 cm³/mol. The van der Waals surface area contributed by atoms with Gasteiger partial charge in [0, 0.05) is 5.69 Å². The summed E-state index contributed by atoms with van der Waals surface area (Å²) in [5.41, 5.74) is 10.4. The molecule has 0 bridgehead atoms. The number of aromatic amines is 1. The molecule has 106 valence electrons. The molecule has 0 unspecified atom stereocenters. The number of nitrogens with zero attached hydrogens (tertiary/aromatic N) is 1. The quantitative estimate of drug-likeness (QED) is 0.800. The average molecular weight is 272 g/mol. The van der Waals surface area contributed by atoms with E-state index in [1.165, 1.54) is 0 Å². The Morgan fingerprint density at radius 2 is 2.15 bits per heavy atom. The smallest absolute Gasteiger partial charge is 0.278 e. The summed E-state index contributed by atoms with van der Waals surface area (Å²) in [6.45, 7) is 5.99. The Kier molecular flexibility index (Phi) is 4.08. The minimum Gasteiger partial charge on any atom is -0.395 e. The lowest BCUT2D eigenvalue weighted by molar-refractivity contribution is 0.102. The first-order valence-electron chi connectivity index (χ1n) is 6.74. The zero-order valence-electron chi connectivity index (χ0n) is 12.1. The van der Waals surface area contributed by atoms with Crippen molar-refractivity contribution in [3.05, 3.63) is 40.7 Å². The Labute approximate surface area is 118 Å². The fourth-order valence-electron chi connectivity index (χ4n) is 2.05. The number of hydrogen-bond acceptors (Lipinski definition) is 3. The van der Waals surface area contributed by atoms with Crippen molar-refractivity contribution in [2.75, 3.05) is 11.1 Å². The number of benzene rings is 1. The second kappa shape index (κ2) is 5.77. The molecule has 1 heterocycles. The summed E-state index contributed by atoms with van der Waals surface area (Å²) in [6, 6.07) is 5.91. The van der Waals surface area contributed by atoms with Gasteiger partial charge in [0.2, 0.25) is 0 Å². The highest BCUT2D eigenvalue weighted by Crippen LogP contribution is 2.20. The molecule has 4 N–H and O–H groups in total. The Bertz CT molecular complexity index is 631. The van der Waals surface area contributed by atoms with Gasteiger partial charge in [0.15, 0.2) is 5.69 Å². The van der Waals surface area contributed by atoms with Crippen molar-refractivity contribution in [2.45, 2.75) is 33.6 Å². The van der Waals surface area contributed by atoms with Gasteiger partial charge in [-0.3, -0.25) is 9.89 Å². The minimum absolute atomic E-state index is 0.259. The summed E-state index contributed by atoms with van der Waals surface area (Å²) in [5, 5.41) is 9.71. The third-order valence-corrected chi connectivity index (χ3v) is 3.24. The maximum absolute atomic E-state index is 12.2. The number of rotatable bonds is 4. The van der Waals surface area contributed by atoms with E-state index in [-0.39, 0.29) is 11.6 Å². The molecule has 1 aromatic carbocycles. The van der Waals surface area contributed by atoms with Crippen LogP contribution in [0.15, 0.2) is 18.2 Å². The lowest BCUT2D eigenvalue weighted by Gasteiger charge is -2.08. The predicted octanol–water partition coefficient (Wildman–Crippen LogP) is 2.81. The van der Waals surface area contributed by atoms with Crippen molar-refractivity contribution in [1.82, 2.24) is 10.2 Å². The van der Waals surface area contributed by atoms with Crippen LogP contribution in [0, 0.1) is 13.8 Å².